The Labute approximate surface area is 128 Å². The lowest BCUT2D eigenvalue weighted by atomic mass is 10.2. The second kappa shape index (κ2) is 6.99. The maximum Gasteiger partial charge on any atom is 0.262 e. The molecule has 2 aromatic carbocycles. The predicted octanol–water partition coefficient (Wildman–Crippen LogP) is 3.67. The molecule has 5 heteroatoms. The standard InChI is InChI=1S/C16H16ClNO3/c1-11-9-12(17)7-8-14(11)21-10-16(19)18-13-5-3-4-6-15(13)20-2/h3-9H,10H2,1-2H3,(H,18,19). The molecule has 0 aliphatic heterocycles. The van der Waals surface area contributed by atoms with Gasteiger partial charge in [-0.3, -0.25) is 4.79 Å². The van der Waals surface area contributed by atoms with Crippen LogP contribution in [0.2, 0.25) is 5.02 Å². The quantitative estimate of drug-likeness (QED) is 0.916. The molecule has 0 unspecified atom stereocenters. The first kappa shape index (κ1) is 15.2. The molecule has 1 amide bonds. The molecule has 0 fully saturated rings. The van der Waals surface area contributed by atoms with E-state index < -0.39 is 0 Å². The van der Waals surface area contributed by atoms with E-state index >= 15 is 0 Å². The summed E-state index contributed by atoms with van der Waals surface area (Å²) in [5.74, 6) is 0.983. The summed E-state index contributed by atoms with van der Waals surface area (Å²) in [6, 6.07) is 12.5. The van der Waals surface area contributed by atoms with Crippen molar-refractivity contribution in [1.82, 2.24) is 0 Å². The third-order valence-corrected chi connectivity index (χ3v) is 3.11. The molecule has 0 spiro atoms. The highest BCUT2D eigenvalue weighted by Gasteiger charge is 2.08. The summed E-state index contributed by atoms with van der Waals surface area (Å²) in [6.45, 7) is 1.79. The predicted molar refractivity (Wildman–Crippen MR) is 83.3 cm³/mol. The summed E-state index contributed by atoms with van der Waals surface area (Å²) in [5, 5.41) is 3.38. The molecule has 2 rings (SSSR count). The minimum Gasteiger partial charge on any atom is -0.495 e. The van der Waals surface area contributed by atoms with Gasteiger partial charge in [0, 0.05) is 5.02 Å². The molecule has 0 bridgehead atoms. The lowest BCUT2D eigenvalue weighted by Gasteiger charge is -2.11. The fourth-order valence-corrected chi connectivity index (χ4v) is 2.08. The SMILES string of the molecule is COc1ccccc1NC(=O)COc1ccc(Cl)cc1C. The van der Waals surface area contributed by atoms with Crippen molar-refractivity contribution < 1.29 is 14.3 Å². The van der Waals surface area contributed by atoms with Gasteiger partial charge in [-0.25, -0.2) is 0 Å². The first-order valence-electron chi connectivity index (χ1n) is 6.42. The number of hydrogen-bond acceptors (Lipinski definition) is 3. The first-order valence-corrected chi connectivity index (χ1v) is 6.80. The first-order chi connectivity index (χ1) is 10.1. The number of ether oxygens (including phenoxy) is 2. The molecule has 0 atom stereocenters. The van der Waals surface area contributed by atoms with Crippen molar-refractivity contribution in [2.45, 2.75) is 6.92 Å². The number of nitrogens with one attached hydrogen (secondary N) is 1. The van der Waals surface area contributed by atoms with Crippen molar-refractivity contribution in [3.05, 3.63) is 53.1 Å². The van der Waals surface area contributed by atoms with E-state index in [1.165, 1.54) is 0 Å². The number of benzene rings is 2. The second-order valence-corrected chi connectivity index (χ2v) is 4.88. The van der Waals surface area contributed by atoms with Crippen LogP contribution in [-0.2, 0) is 4.79 Å². The fourth-order valence-electron chi connectivity index (χ4n) is 1.85. The van der Waals surface area contributed by atoms with E-state index in [0.29, 0.717) is 22.2 Å². The van der Waals surface area contributed by atoms with Crippen LogP contribution in [0.25, 0.3) is 0 Å². The van der Waals surface area contributed by atoms with Gasteiger partial charge >= 0.3 is 0 Å². The Kier molecular flexibility index (Phi) is 5.06. The molecule has 0 aromatic heterocycles. The number of halogens is 1. The Morgan fingerprint density at radius 2 is 1.95 bits per heavy atom. The van der Waals surface area contributed by atoms with Gasteiger partial charge < -0.3 is 14.8 Å². The maximum absolute atomic E-state index is 11.9. The van der Waals surface area contributed by atoms with Gasteiger partial charge in [-0.15, -0.1) is 0 Å². The largest absolute Gasteiger partial charge is 0.495 e. The molecule has 0 saturated carbocycles. The molecule has 0 saturated heterocycles. The summed E-state index contributed by atoms with van der Waals surface area (Å²) in [4.78, 5) is 11.9. The Hall–Kier alpha value is -2.20. The third-order valence-electron chi connectivity index (χ3n) is 2.88. The van der Waals surface area contributed by atoms with Gasteiger partial charge in [0.2, 0.25) is 0 Å². The molecule has 4 nitrogen and oxygen atoms in total. The fraction of sp³-hybridized carbons (Fsp3) is 0.188. The van der Waals surface area contributed by atoms with Crippen LogP contribution < -0.4 is 14.8 Å². The maximum atomic E-state index is 11.9. The van der Waals surface area contributed by atoms with Crippen LogP contribution in [0.5, 0.6) is 11.5 Å². The van der Waals surface area contributed by atoms with Crippen LogP contribution in [-0.4, -0.2) is 19.6 Å². The van der Waals surface area contributed by atoms with Gasteiger partial charge in [-0.2, -0.15) is 0 Å². The molecule has 0 aliphatic carbocycles. The number of para-hydroxylation sites is 2. The summed E-state index contributed by atoms with van der Waals surface area (Å²) >= 11 is 5.87. The number of methoxy groups -OCH3 is 1. The highest BCUT2D eigenvalue weighted by Crippen LogP contribution is 2.24. The Morgan fingerprint density at radius 1 is 1.19 bits per heavy atom. The summed E-state index contributed by atoms with van der Waals surface area (Å²) in [7, 11) is 1.55. The van der Waals surface area contributed by atoms with Crippen molar-refractivity contribution in [1.29, 1.82) is 0 Å². The third kappa shape index (κ3) is 4.13. The van der Waals surface area contributed by atoms with E-state index in [1.54, 1.807) is 37.4 Å². The Bertz CT molecular complexity index is 643. The van der Waals surface area contributed by atoms with E-state index in [-0.39, 0.29) is 12.5 Å². The van der Waals surface area contributed by atoms with E-state index in [4.69, 9.17) is 21.1 Å². The molecule has 0 radical (unpaired) electrons. The van der Waals surface area contributed by atoms with Crippen LogP contribution in [0.4, 0.5) is 5.69 Å². The van der Waals surface area contributed by atoms with Gasteiger partial charge in [-0.05, 0) is 42.8 Å². The van der Waals surface area contributed by atoms with Gasteiger partial charge in [0.1, 0.15) is 11.5 Å². The van der Waals surface area contributed by atoms with E-state index in [1.807, 2.05) is 19.1 Å². The summed E-state index contributed by atoms with van der Waals surface area (Å²) in [6.07, 6.45) is 0. The average Bonchev–Trinajstić information content (AvgIpc) is 2.47. The molecule has 0 aliphatic rings. The summed E-state index contributed by atoms with van der Waals surface area (Å²) in [5.41, 5.74) is 1.49. The molecule has 1 N–H and O–H groups in total. The van der Waals surface area contributed by atoms with Crippen molar-refractivity contribution in [3.8, 4) is 11.5 Å². The Morgan fingerprint density at radius 3 is 2.67 bits per heavy atom. The number of amides is 1. The number of hydrogen-bond donors (Lipinski definition) is 1. The van der Waals surface area contributed by atoms with Crippen molar-refractivity contribution in [2.75, 3.05) is 19.0 Å². The van der Waals surface area contributed by atoms with E-state index in [2.05, 4.69) is 5.32 Å². The van der Waals surface area contributed by atoms with Crippen molar-refractivity contribution >= 4 is 23.2 Å². The van der Waals surface area contributed by atoms with Crippen LogP contribution in [0, 0.1) is 6.92 Å². The van der Waals surface area contributed by atoms with Crippen molar-refractivity contribution in [3.63, 3.8) is 0 Å². The number of rotatable bonds is 5. The molecule has 2 aromatic rings. The van der Waals surface area contributed by atoms with Crippen LogP contribution >= 0.6 is 11.6 Å². The van der Waals surface area contributed by atoms with E-state index in [0.717, 1.165) is 5.56 Å². The lowest BCUT2D eigenvalue weighted by Crippen LogP contribution is -2.20. The molecule has 110 valence electrons. The van der Waals surface area contributed by atoms with Crippen molar-refractivity contribution in [2.24, 2.45) is 0 Å². The highest BCUT2D eigenvalue weighted by molar-refractivity contribution is 6.30. The highest BCUT2D eigenvalue weighted by atomic mass is 35.5. The minimum absolute atomic E-state index is 0.0828. The average molecular weight is 306 g/mol. The molecular weight excluding hydrogens is 290 g/mol. The molecule has 21 heavy (non-hydrogen) atoms. The molecular formula is C16H16ClNO3. The summed E-state index contributed by atoms with van der Waals surface area (Å²) < 4.78 is 10.7. The smallest absolute Gasteiger partial charge is 0.262 e. The number of aryl methyl sites for hydroxylation is 1. The van der Waals surface area contributed by atoms with Crippen LogP contribution in [0.3, 0.4) is 0 Å². The van der Waals surface area contributed by atoms with Gasteiger partial charge in [-0.1, -0.05) is 23.7 Å². The monoisotopic (exact) mass is 305 g/mol. The number of carbonyl (C=O) groups is 1. The number of carbonyl (C=O) groups excluding carboxylic acids is 1. The van der Waals surface area contributed by atoms with Crippen LogP contribution in [0.1, 0.15) is 5.56 Å². The van der Waals surface area contributed by atoms with E-state index in [9.17, 15) is 4.79 Å². The van der Waals surface area contributed by atoms with Crippen LogP contribution in [0.15, 0.2) is 42.5 Å². The zero-order chi connectivity index (χ0) is 15.2. The van der Waals surface area contributed by atoms with Gasteiger partial charge in [0.15, 0.2) is 6.61 Å². The second-order valence-electron chi connectivity index (χ2n) is 4.45. The zero-order valence-corrected chi connectivity index (χ0v) is 12.6. The minimum atomic E-state index is -0.256. The number of anilines is 1. The lowest BCUT2D eigenvalue weighted by molar-refractivity contribution is -0.118. The Balaban J connectivity index is 1.96. The zero-order valence-electron chi connectivity index (χ0n) is 11.9. The van der Waals surface area contributed by atoms with Gasteiger partial charge in [0.25, 0.3) is 5.91 Å². The normalized spacial score (nSPS) is 10.0. The molecule has 0 heterocycles. The van der Waals surface area contributed by atoms with Gasteiger partial charge in [0.05, 0.1) is 12.8 Å². The topological polar surface area (TPSA) is 47.6 Å².